The highest BCUT2D eigenvalue weighted by Crippen LogP contribution is 2.16. The predicted octanol–water partition coefficient (Wildman–Crippen LogP) is 0.259. The third-order valence-electron chi connectivity index (χ3n) is 2.65. The second-order valence-corrected chi connectivity index (χ2v) is 3.79. The Labute approximate surface area is 96.7 Å². The molecule has 0 radical (unpaired) electrons. The molecule has 7 nitrogen and oxygen atoms in total. The minimum absolute atomic E-state index is 0.242. The monoisotopic (exact) mass is 229 g/mol. The molecule has 0 saturated carbocycles. The molecule has 7 heteroatoms. The minimum atomic E-state index is 0.242. The number of nitrogen functional groups attached to an aromatic ring is 1. The lowest BCUT2D eigenvalue weighted by Gasteiger charge is -2.03. The SMILES string of the molecule is Cn1ccnc1Cc1nc(N)nc2[nH]ncc12. The number of aromatic nitrogens is 6. The van der Waals surface area contributed by atoms with E-state index in [1.165, 1.54) is 0 Å². The fourth-order valence-electron chi connectivity index (χ4n) is 1.77. The Morgan fingerprint density at radius 2 is 2.29 bits per heavy atom. The predicted molar refractivity (Wildman–Crippen MR) is 62.1 cm³/mol. The van der Waals surface area contributed by atoms with E-state index in [2.05, 4.69) is 25.1 Å². The van der Waals surface area contributed by atoms with Crippen molar-refractivity contribution >= 4 is 17.0 Å². The van der Waals surface area contributed by atoms with Crippen LogP contribution in [0.3, 0.4) is 0 Å². The number of aromatic amines is 1. The molecular weight excluding hydrogens is 218 g/mol. The fraction of sp³-hybridized carbons (Fsp3) is 0.200. The maximum absolute atomic E-state index is 5.65. The van der Waals surface area contributed by atoms with Gasteiger partial charge in [-0.15, -0.1) is 0 Å². The second-order valence-electron chi connectivity index (χ2n) is 3.79. The highest BCUT2D eigenvalue weighted by molar-refractivity contribution is 5.77. The summed E-state index contributed by atoms with van der Waals surface area (Å²) in [5, 5.41) is 7.61. The van der Waals surface area contributed by atoms with Crippen molar-refractivity contribution in [1.29, 1.82) is 0 Å². The summed E-state index contributed by atoms with van der Waals surface area (Å²) in [4.78, 5) is 12.6. The van der Waals surface area contributed by atoms with Gasteiger partial charge in [0, 0.05) is 25.9 Å². The molecule has 0 saturated heterocycles. The van der Waals surface area contributed by atoms with Crippen molar-refractivity contribution in [2.24, 2.45) is 7.05 Å². The van der Waals surface area contributed by atoms with E-state index in [9.17, 15) is 0 Å². The largest absolute Gasteiger partial charge is 0.368 e. The van der Waals surface area contributed by atoms with Crippen LogP contribution in [-0.2, 0) is 13.5 Å². The van der Waals surface area contributed by atoms with Crippen LogP contribution in [0.2, 0.25) is 0 Å². The number of nitrogens with two attached hydrogens (primary N) is 1. The van der Waals surface area contributed by atoms with Crippen molar-refractivity contribution in [1.82, 2.24) is 29.7 Å². The van der Waals surface area contributed by atoms with Gasteiger partial charge in [-0.05, 0) is 0 Å². The molecule has 0 aliphatic carbocycles. The first-order chi connectivity index (χ1) is 8.24. The molecule has 0 fully saturated rings. The van der Waals surface area contributed by atoms with Gasteiger partial charge in [0.15, 0.2) is 5.65 Å². The van der Waals surface area contributed by atoms with Gasteiger partial charge in [0.25, 0.3) is 0 Å². The van der Waals surface area contributed by atoms with Crippen molar-refractivity contribution in [2.45, 2.75) is 6.42 Å². The molecule has 3 heterocycles. The van der Waals surface area contributed by atoms with Gasteiger partial charge in [-0.2, -0.15) is 10.1 Å². The quantitative estimate of drug-likeness (QED) is 0.656. The number of imidazole rings is 1. The van der Waals surface area contributed by atoms with Gasteiger partial charge < -0.3 is 10.3 Å². The number of hydrogen-bond acceptors (Lipinski definition) is 5. The molecule has 17 heavy (non-hydrogen) atoms. The van der Waals surface area contributed by atoms with E-state index in [0.717, 1.165) is 16.9 Å². The van der Waals surface area contributed by atoms with Crippen LogP contribution in [0.4, 0.5) is 5.95 Å². The van der Waals surface area contributed by atoms with E-state index in [1.54, 1.807) is 12.4 Å². The number of rotatable bonds is 2. The second kappa shape index (κ2) is 3.55. The molecule has 0 aromatic carbocycles. The number of H-pyrrole nitrogens is 1. The van der Waals surface area contributed by atoms with Crippen LogP contribution in [0.1, 0.15) is 11.5 Å². The highest BCUT2D eigenvalue weighted by atomic mass is 15.2. The number of hydrogen-bond donors (Lipinski definition) is 2. The number of nitrogens with zero attached hydrogens (tertiary/aromatic N) is 5. The van der Waals surface area contributed by atoms with Gasteiger partial charge in [-0.25, -0.2) is 9.97 Å². The van der Waals surface area contributed by atoms with Crippen LogP contribution < -0.4 is 5.73 Å². The molecule has 0 aliphatic rings. The summed E-state index contributed by atoms with van der Waals surface area (Å²) in [5.41, 5.74) is 7.14. The summed E-state index contributed by atoms with van der Waals surface area (Å²) in [6.45, 7) is 0. The number of nitrogens with one attached hydrogen (secondary N) is 1. The average molecular weight is 229 g/mol. The lowest BCUT2D eigenvalue weighted by atomic mass is 10.2. The molecule has 0 bridgehead atoms. The summed E-state index contributed by atoms with van der Waals surface area (Å²) in [6, 6.07) is 0. The van der Waals surface area contributed by atoms with Gasteiger partial charge in [0.2, 0.25) is 5.95 Å². The molecule has 3 aromatic heterocycles. The number of anilines is 1. The topological polar surface area (TPSA) is 98.3 Å². The van der Waals surface area contributed by atoms with E-state index in [4.69, 9.17) is 5.73 Å². The number of aryl methyl sites for hydroxylation is 1. The standard InChI is InChI=1S/C10H11N7/c1-17-3-2-12-8(17)4-7-6-5-13-16-9(6)15-10(11)14-7/h2-3,5H,4H2,1H3,(H3,11,13,14,15,16). The third kappa shape index (κ3) is 1.61. The summed E-state index contributed by atoms with van der Waals surface area (Å²) in [7, 11) is 1.94. The Hall–Kier alpha value is -2.44. The minimum Gasteiger partial charge on any atom is -0.368 e. The van der Waals surface area contributed by atoms with Crippen molar-refractivity contribution in [3.05, 3.63) is 30.1 Å². The molecule has 0 amide bonds. The lowest BCUT2D eigenvalue weighted by molar-refractivity contribution is 0.814. The Morgan fingerprint density at radius 1 is 1.41 bits per heavy atom. The number of fused-ring (bicyclic) bond motifs is 1. The molecule has 0 aliphatic heterocycles. The van der Waals surface area contributed by atoms with Crippen LogP contribution in [0.15, 0.2) is 18.6 Å². The lowest BCUT2D eigenvalue weighted by Crippen LogP contribution is -2.04. The van der Waals surface area contributed by atoms with Crippen molar-refractivity contribution in [3.8, 4) is 0 Å². The summed E-state index contributed by atoms with van der Waals surface area (Å²) in [5.74, 6) is 1.16. The van der Waals surface area contributed by atoms with Gasteiger partial charge in [-0.1, -0.05) is 0 Å². The Bertz CT molecular complexity index is 666. The van der Waals surface area contributed by atoms with Crippen molar-refractivity contribution in [3.63, 3.8) is 0 Å². The van der Waals surface area contributed by atoms with E-state index in [1.807, 2.05) is 17.8 Å². The molecule has 0 spiro atoms. The average Bonchev–Trinajstić information content (AvgIpc) is 2.88. The zero-order chi connectivity index (χ0) is 11.8. The normalized spacial score (nSPS) is 11.1. The van der Waals surface area contributed by atoms with Crippen LogP contribution in [-0.4, -0.2) is 29.7 Å². The van der Waals surface area contributed by atoms with E-state index >= 15 is 0 Å². The maximum Gasteiger partial charge on any atom is 0.222 e. The zero-order valence-corrected chi connectivity index (χ0v) is 9.25. The van der Waals surface area contributed by atoms with E-state index < -0.39 is 0 Å². The Morgan fingerprint density at radius 3 is 3.06 bits per heavy atom. The van der Waals surface area contributed by atoms with Crippen molar-refractivity contribution in [2.75, 3.05) is 5.73 Å². The molecular formula is C10H11N7. The first-order valence-electron chi connectivity index (χ1n) is 5.15. The Balaban J connectivity index is 2.11. The van der Waals surface area contributed by atoms with Gasteiger partial charge in [-0.3, -0.25) is 5.10 Å². The van der Waals surface area contributed by atoms with Crippen LogP contribution in [0.25, 0.3) is 11.0 Å². The molecule has 3 rings (SSSR count). The molecule has 86 valence electrons. The molecule has 0 atom stereocenters. The van der Waals surface area contributed by atoms with Crippen LogP contribution in [0, 0.1) is 0 Å². The summed E-state index contributed by atoms with van der Waals surface area (Å²) >= 11 is 0. The van der Waals surface area contributed by atoms with E-state index in [-0.39, 0.29) is 5.95 Å². The van der Waals surface area contributed by atoms with E-state index in [0.29, 0.717) is 12.1 Å². The maximum atomic E-state index is 5.65. The van der Waals surface area contributed by atoms with Gasteiger partial charge in [0.05, 0.1) is 17.3 Å². The fourth-order valence-corrected chi connectivity index (χ4v) is 1.77. The van der Waals surface area contributed by atoms with Crippen LogP contribution >= 0.6 is 0 Å². The smallest absolute Gasteiger partial charge is 0.222 e. The molecule has 3 aromatic rings. The molecule has 0 unspecified atom stereocenters. The van der Waals surface area contributed by atoms with Crippen molar-refractivity contribution < 1.29 is 0 Å². The first kappa shape index (κ1) is 9.76. The molecule has 3 N–H and O–H groups in total. The highest BCUT2D eigenvalue weighted by Gasteiger charge is 2.10. The van der Waals surface area contributed by atoms with Gasteiger partial charge in [0.1, 0.15) is 5.82 Å². The zero-order valence-electron chi connectivity index (χ0n) is 9.25. The first-order valence-corrected chi connectivity index (χ1v) is 5.15. The van der Waals surface area contributed by atoms with Crippen LogP contribution in [0.5, 0.6) is 0 Å². The third-order valence-corrected chi connectivity index (χ3v) is 2.65. The summed E-state index contributed by atoms with van der Waals surface area (Å²) in [6.07, 6.45) is 5.96. The summed E-state index contributed by atoms with van der Waals surface area (Å²) < 4.78 is 1.95. The Kier molecular flexibility index (Phi) is 2.04. The van der Waals surface area contributed by atoms with Gasteiger partial charge >= 0.3 is 0 Å².